The molecule has 2 saturated heterocycles. The standard InChI is InChI=1S/C16H20N2OS/c1-19-13-7-16(20-9-13)10-18(11-16)8-12-3-2-4-15-14(12)5-6-17-15/h2-6,13,17H,7-11H2,1H3. The highest BCUT2D eigenvalue weighted by molar-refractivity contribution is 8.01. The maximum atomic E-state index is 5.50. The van der Waals surface area contributed by atoms with E-state index in [2.05, 4.69) is 45.9 Å². The van der Waals surface area contributed by atoms with Crippen molar-refractivity contribution in [3.63, 3.8) is 0 Å². The Kier molecular flexibility index (Phi) is 3.05. The van der Waals surface area contributed by atoms with E-state index in [4.69, 9.17) is 4.74 Å². The van der Waals surface area contributed by atoms with Crippen molar-refractivity contribution in [2.75, 3.05) is 26.0 Å². The number of likely N-dealkylation sites (tertiary alicyclic amines) is 1. The van der Waals surface area contributed by atoms with E-state index in [1.54, 1.807) is 0 Å². The van der Waals surface area contributed by atoms with Gasteiger partial charge in [-0.15, -0.1) is 11.8 Å². The summed E-state index contributed by atoms with van der Waals surface area (Å²) in [5.41, 5.74) is 2.68. The average Bonchev–Trinajstić information content (AvgIpc) is 3.04. The van der Waals surface area contributed by atoms with Gasteiger partial charge in [0.05, 0.1) is 6.10 Å². The van der Waals surface area contributed by atoms with Gasteiger partial charge < -0.3 is 9.72 Å². The molecule has 3 nitrogen and oxygen atoms in total. The summed E-state index contributed by atoms with van der Waals surface area (Å²) >= 11 is 2.11. The van der Waals surface area contributed by atoms with Crippen molar-refractivity contribution >= 4 is 22.7 Å². The number of methoxy groups -OCH3 is 1. The van der Waals surface area contributed by atoms with Gasteiger partial charge in [0.2, 0.25) is 0 Å². The first-order valence-electron chi connectivity index (χ1n) is 7.22. The summed E-state index contributed by atoms with van der Waals surface area (Å²) < 4.78 is 5.98. The number of fused-ring (bicyclic) bond motifs is 1. The van der Waals surface area contributed by atoms with Gasteiger partial charge in [0.15, 0.2) is 0 Å². The van der Waals surface area contributed by atoms with Crippen LogP contribution in [0.4, 0.5) is 0 Å². The molecule has 4 heteroatoms. The first-order chi connectivity index (χ1) is 9.78. The highest BCUT2D eigenvalue weighted by atomic mass is 32.2. The van der Waals surface area contributed by atoms with E-state index in [1.807, 2.05) is 13.3 Å². The zero-order valence-corrected chi connectivity index (χ0v) is 12.6. The van der Waals surface area contributed by atoms with Crippen molar-refractivity contribution in [1.82, 2.24) is 9.88 Å². The van der Waals surface area contributed by atoms with Gasteiger partial charge >= 0.3 is 0 Å². The van der Waals surface area contributed by atoms with Gasteiger partial charge in [0, 0.05) is 54.3 Å². The Balaban J connectivity index is 1.44. The van der Waals surface area contributed by atoms with E-state index in [0.717, 1.165) is 12.3 Å². The third-order valence-electron chi connectivity index (χ3n) is 4.61. The molecule has 3 heterocycles. The molecule has 1 atom stereocenters. The molecule has 0 aliphatic carbocycles. The molecule has 1 unspecified atom stereocenters. The summed E-state index contributed by atoms with van der Waals surface area (Å²) in [6.07, 6.45) is 3.72. The van der Waals surface area contributed by atoms with Gasteiger partial charge in [-0.25, -0.2) is 0 Å². The first kappa shape index (κ1) is 12.7. The highest BCUT2D eigenvalue weighted by Gasteiger charge is 2.48. The SMILES string of the molecule is COC1CSC2(C1)CN(Cc1cccc3[nH]ccc13)C2. The van der Waals surface area contributed by atoms with Crippen LogP contribution in [0.15, 0.2) is 30.5 Å². The normalized spacial score (nSPS) is 25.4. The van der Waals surface area contributed by atoms with E-state index < -0.39 is 0 Å². The highest BCUT2D eigenvalue weighted by Crippen LogP contribution is 2.46. The third kappa shape index (κ3) is 2.07. The van der Waals surface area contributed by atoms with Crippen LogP contribution in [0.1, 0.15) is 12.0 Å². The fourth-order valence-electron chi connectivity index (χ4n) is 3.58. The molecule has 1 N–H and O–H groups in total. The van der Waals surface area contributed by atoms with Crippen molar-refractivity contribution < 1.29 is 4.74 Å². The zero-order valence-electron chi connectivity index (χ0n) is 11.8. The maximum Gasteiger partial charge on any atom is 0.0676 e. The molecular formula is C16H20N2OS. The van der Waals surface area contributed by atoms with Gasteiger partial charge in [-0.2, -0.15) is 0 Å². The lowest BCUT2D eigenvalue weighted by Crippen LogP contribution is -2.58. The van der Waals surface area contributed by atoms with Gasteiger partial charge in [-0.1, -0.05) is 12.1 Å². The Morgan fingerprint density at radius 1 is 1.40 bits per heavy atom. The number of hydrogen-bond acceptors (Lipinski definition) is 3. The van der Waals surface area contributed by atoms with Crippen LogP contribution in [0, 0.1) is 0 Å². The molecule has 0 radical (unpaired) electrons. The zero-order chi connectivity index (χ0) is 13.6. The van der Waals surface area contributed by atoms with Gasteiger partial charge in [0.1, 0.15) is 0 Å². The minimum absolute atomic E-state index is 0.468. The topological polar surface area (TPSA) is 28.3 Å². The molecule has 1 aromatic heterocycles. The Hall–Kier alpha value is -0.970. The number of thioether (sulfide) groups is 1. The van der Waals surface area contributed by atoms with Crippen LogP contribution in [0.25, 0.3) is 10.9 Å². The predicted molar refractivity (Wildman–Crippen MR) is 84.2 cm³/mol. The summed E-state index contributed by atoms with van der Waals surface area (Å²) in [5.74, 6) is 1.16. The number of nitrogens with one attached hydrogen (secondary N) is 1. The Labute approximate surface area is 123 Å². The van der Waals surface area contributed by atoms with Crippen molar-refractivity contribution in [3.8, 4) is 0 Å². The number of hydrogen-bond donors (Lipinski definition) is 1. The lowest BCUT2D eigenvalue weighted by Gasteiger charge is -2.47. The second kappa shape index (κ2) is 4.79. The molecule has 2 aliphatic heterocycles. The second-order valence-corrected chi connectivity index (χ2v) is 7.55. The summed E-state index contributed by atoms with van der Waals surface area (Å²) in [6.45, 7) is 3.48. The van der Waals surface area contributed by atoms with E-state index in [0.29, 0.717) is 10.9 Å². The van der Waals surface area contributed by atoms with E-state index in [-0.39, 0.29) is 0 Å². The van der Waals surface area contributed by atoms with Crippen molar-refractivity contribution in [2.24, 2.45) is 0 Å². The summed E-state index contributed by atoms with van der Waals surface area (Å²) in [7, 11) is 1.84. The number of aromatic amines is 1. The average molecular weight is 288 g/mol. The quantitative estimate of drug-likeness (QED) is 0.941. The smallest absolute Gasteiger partial charge is 0.0676 e. The molecule has 1 spiro atoms. The fraction of sp³-hybridized carbons (Fsp3) is 0.500. The van der Waals surface area contributed by atoms with Gasteiger partial charge in [-0.05, 0) is 24.1 Å². The molecule has 0 bridgehead atoms. The van der Waals surface area contributed by atoms with Crippen LogP contribution in [0.2, 0.25) is 0 Å². The van der Waals surface area contributed by atoms with Crippen LogP contribution in [0.5, 0.6) is 0 Å². The fourth-order valence-corrected chi connectivity index (χ4v) is 5.23. The van der Waals surface area contributed by atoms with Crippen LogP contribution in [-0.4, -0.2) is 46.7 Å². The molecule has 106 valence electrons. The van der Waals surface area contributed by atoms with Crippen LogP contribution >= 0.6 is 11.8 Å². The molecule has 2 aromatic rings. The lowest BCUT2D eigenvalue weighted by molar-refractivity contribution is 0.0633. The maximum absolute atomic E-state index is 5.50. The van der Waals surface area contributed by atoms with Crippen molar-refractivity contribution in [3.05, 3.63) is 36.0 Å². The van der Waals surface area contributed by atoms with Crippen LogP contribution in [-0.2, 0) is 11.3 Å². The Morgan fingerprint density at radius 2 is 2.30 bits per heavy atom. The number of H-pyrrole nitrogens is 1. The monoisotopic (exact) mass is 288 g/mol. The molecule has 2 aliphatic rings. The Morgan fingerprint density at radius 3 is 3.10 bits per heavy atom. The number of aromatic nitrogens is 1. The number of benzene rings is 1. The van der Waals surface area contributed by atoms with E-state index in [1.165, 1.54) is 36.0 Å². The molecule has 20 heavy (non-hydrogen) atoms. The van der Waals surface area contributed by atoms with Crippen molar-refractivity contribution in [2.45, 2.75) is 23.8 Å². The summed E-state index contributed by atoms with van der Waals surface area (Å²) in [5, 5.41) is 1.36. The van der Waals surface area contributed by atoms with Gasteiger partial charge in [0.25, 0.3) is 0 Å². The summed E-state index contributed by atoms with van der Waals surface area (Å²) in [4.78, 5) is 5.85. The molecule has 0 saturated carbocycles. The molecule has 4 rings (SSSR count). The van der Waals surface area contributed by atoms with Crippen LogP contribution < -0.4 is 0 Å². The number of nitrogens with zero attached hydrogens (tertiary/aromatic N) is 1. The minimum atomic E-state index is 0.468. The minimum Gasteiger partial charge on any atom is -0.381 e. The summed E-state index contributed by atoms with van der Waals surface area (Å²) in [6, 6.07) is 8.73. The number of ether oxygens (including phenoxy) is 1. The molecule has 1 aromatic carbocycles. The Bertz CT molecular complexity index is 618. The molecular weight excluding hydrogens is 268 g/mol. The largest absolute Gasteiger partial charge is 0.381 e. The predicted octanol–water partition coefficient (Wildman–Crippen LogP) is 2.87. The van der Waals surface area contributed by atoms with Crippen molar-refractivity contribution in [1.29, 1.82) is 0 Å². The van der Waals surface area contributed by atoms with Gasteiger partial charge in [-0.3, -0.25) is 4.90 Å². The molecule has 2 fully saturated rings. The van der Waals surface area contributed by atoms with E-state index >= 15 is 0 Å². The first-order valence-corrected chi connectivity index (χ1v) is 8.21. The van der Waals surface area contributed by atoms with E-state index in [9.17, 15) is 0 Å². The van der Waals surface area contributed by atoms with Crippen LogP contribution in [0.3, 0.4) is 0 Å². The lowest BCUT2D eigenvalue weighted by atomic mass is 9.92. The molecule has 0 amide bonds. The second-order valence-electron chi connectivity index (χ2n) is 6.06. The number of rotatable bonds is 3. The third-order valence-corrected chi connectivity index (χ3v) is 6.19.